The molecule has 0 bridgehead atoms. The Hall–Kier alpha value is -5.15. The first-order valence-electron chi connectivity index (χ1n) is 13.3. The zero-order chi connectivity index (χ0) is 25.9. The maximum absolute atomic E-state index is 4.34. The van der Waals surface area contributed by atoms with Gasteiger partial charge in [0, 0.05) is 39.8 Å². The molecule has 0 fully saturated rings. The van der Waals surface area contributed by atoms with E-state index in [-0.39, 0.29) is 0 Å². The largest absolute Gasteiger partial charge is 0.335 e. The molecule has 0 saturated heterocycles. The van der Waals surface area contributed by atoms with Gasteiger partial charge in [-0.1, -0.05) is 91.0 Å². The first-order valence-corrected chi connectivity index (χ1v) is 13.3. The van der Waals surface area contributed by atoms with Crippen LogP contribution in [0.15, 0.2) is 132 Å². The predicted octanol–water partition coefficient (Wildman–Crippen LogP) is 9.59. The summed E-state index contributed by atoms with van der Waals surface area (Å²) in [5, 5.41) is 5.03. The van der Waals surface area contributed by atoms with Gasteiger partial charge in [0.1, 0.15) is 0 Å². The van der Waals surface area contributed by atoms with Crippen LogP contribution in [-0.4, -0.2) is 11.3 Å². The summed E-state index contributed by atoms with van der Waals surface area (Å²) in [6, 6.07) is 45.8. The van der Waals surface area contributed by atoms with Gasteiger partial charge in [0.05, 0.1) is 22.4 Å². The van der Waals surface area contributed by atoms with Gasteiger partial charge in [-0.2, -0.15) is 0 Å². The SMILES string of the molecule is C=Nc1ccccc1N1Cc2ccc3c4ccccc4n(-c4ccc5ccccc5c4)c3c2-c2ccccc21. The summed E-state index contributed by atoms with van der Waals surface area (Å²) in [7, 11) is 0. The molecule has 39 heavy (non-hydrogen) atoms. The molecule has 184 valence electrons. The molecule has 1 aliphatic heterocycles. The molecular weight excluding hydrogens is 474 g/mol. The molecule has 0 unspecified atom stereocenters. The van der Waals surface area contributed by atoms with Crippen LogP contribution in [0.3, 0.4) is 0 Å². The predicted molar refractivity (Wildman–Crippen MR) is 165 cm³/mol. The van der Waals surface area contributed by atoms with Gasteiger partial charge in [-0.15, -0.1) is 0 Å². The molecule has 0 aliphatic carbocycles. The van der Waals surface area contributed by atoms with Crippen molar-refractivity contribution in [3.8, 4) is 16.8 Å². The zero-order valence-electron chi connectivity index (χ0n) is 21.4. The Bertz CT molecular complexity index is 2080. The Balaban J connectivity index is 1.46. The van der Waals surface area contributed by atoms with E-state index in [4.69, 9.17) is 0 Å². The molecule has 1 aromatic heterocycles. The minimum absolute atomic E-state index is 0.758. The average Bonchev–Trinajstić information content (AvgIpc) is 3.34. The number of hydrogen-bond acceptors (Lipinski definition) is 2. The molecule has 0 amide bonds. The highest BCUT2D eigenvalue weighted by molar-refractivity contribution is 6.16. The number of anilines is 2. The van der Waals surface area contributed by atoms with E-state index in [1.54, 1.807) is 0 Å². The van der Waals surface area contributed by atoms with Crippen LogP contribution in [0.25, 0.3) is 49.4 Å². The summed E-state index contributed by atoms with van der Waals surface area (Å²) in [5.41, 5.74) is 10.6. The van der Waals surface area contributed by atoms with Crippen molar-refractivity contribution in [3.63, 3.8) is 0 Å². The Morgan fingerprint density at radius 1 is 0.615 bits per heavy atom. The summed E-state index contributed by atoms with van der Waals surface area (Å²) in [6.45, 7) is 4.60. The van der Waals surface area contributed by atoms with Crippen molar-refractivity contribution in [1.29, 1.82) is 0 Å². The number of nitrogens with zero attached hydrogens (tertiary/aromatic N) is 3. The molecule has 0 spiro atoms. The summed E-state index contributed by atoms with van der Waals surface area (Å²) < 4.78 is 2.46. The van der Waals surface area contributed by atoms with Crippen LogP contribution in [0.1, 0.15) is 5.56 Å². The molecule has 1 aliphatic rings. The van der Waals surface area contributed by atoms with Crippen molar-refractivity contribution in [2.75, 3.05) is 4.90 Å². The van der Waals surface area contributed by atoms with Crippen molar-refractivity contribution in [3.05, 3.63) is 133 Å². The fraction of sp³-hybridized carbons (Fsp3) is 0.0278. The van der Waals surface area contributed by atoms with Crippen LogP contribution >= 0.6 is 0 Å². The van der Waals surface area contributed by atoms with Gasteiger partial charge < -0.3 is 9.47 Å². The second-order valence-corrected chi connectivity index (χ2v) is 10.1. The van der Waals surface area contributed by atoms with Crippen molar-refractivity contribution < 1.29 is 0 Å². The maximum atomic E-state index is 4.34. The van der Waals surface area contributed by atoms with Gasteiger partial charge in [0.2, 0.25) is 0 Å². The van der Waals surface area contributed by atoms with Gasteiger partial charge in [-0.05, 0) is 59.5 Å². The quantitative estimate of drug-likeness (QED) is 0.222. The highest BCUT2D eigenvalue weighted by atomic mass is 15.2. The van der Waals surface area contributed by atoms with Crippen LogP contribution in [-0.2, 0) is 6.54 Å². The number of rotatable bonds is 3. The van der Waals surface area contributed by atoms with Gasteiger partial charge in [0.15, 0.2) is 0 Å². The normalized spacial score (nSPS) is 12.6. The average molecular weight is 500 g/mol. The molecule has 0 saturated carbocycles. The second-order valence-electron chi connectivity index (χ2n) is 10.1. The molecule has 8 rings (SSSR count). The highest BCUT2D eigenvalue weighted by Gasteiger charge is 2.28. The summed E-state index contributed by atoms with van der Waals surface area (Å²) in [4.78, 5) is 6.71. The smallest absolute Gasteiger partial charge is 0.0859 e. The monoisotopic (exact) mass is 499 g/mol. The van der Waals surface area contributed by atoms with Crippen molar-refractivity contribution in [2.45, 2.75) is 6.54 Å². The van der Waals surface area contributed by atoms with Gasteiger partial charge >= 0.3 is 0 Å². The Morgan fingerprint density at radius 2 is 1.36 bits per heavy atom. The second kappa shape index (κ2) is 8.44. The third-order valence-corrected chi connectivity index (χ3v) is 8.05. The van der Waals surface area contributed by atoms with E-state index < -0.39 is 0 Å². The van der Waals surface area contributed by atoms with Crippen LogP contribution in [0.4, 0.5) is 17.1 Å². The van der Waals surface area contributed by atoms with E-state index in [0.717, 1.165) is 17.9 Å². The van der Waals surface area contributed by atoms with Crippen LogP contribution < -0.4 is 4.90 Å². The van der Waals surface area contributed by atoms with Gasteiger partial charge in [-0.3, -0.25) is 4.99 Å². The molecule has 0 N–H and O–H groups in total. The van der Waals surface area contributed by atoms with Crippen molar-refractivity contribution in [1.82, 2.24) is 4.57 Å². The number of fused-ring (bicyclic) bond motifs is 8. The lowest BCUT2D eigenvalue weighted by molar-refractivity contribution is 0.961. The third kappa shape index (κ3) is 3.20. The molecule has 0 atom stereocenters. The number of aromatic nitrogens is 1. The van der Waals surface area contributed by atoms with E-state index in [2.05, 4.69) is 136 Å². The highest BCUT2D eigenvalue weighted by Crippen LogP contribution is 2.49. The molecular formula is C36H25N3. The third-order valence-electron chi connectivity index (χ3n) is 8.05. The Kier molecular flexibility index (Phi) is 4.74. The van der Waals surface area contributed by atoms with E-state index in [0.29, 0.717) is 0 Å². The van der Waals surface area contributed by atoms with Crippen LogP contribution in [0.2, 0.25) is 0 Å². The minimum atomic E-state index is 0.758. The standard InChI is InChI=1S/C36H25N3/c1-37-31-14-6-9-17-34(31)38-23-26-19-21-29-28-12-4-8-16-33(28)39(27-20-18-24-10-2-3-11-25(24)22-27)36(29)35(26)30-13-5-7-15-32(30)38/h2-22H,1,23H2. The lowest BCUT2D eigenvalue weighted by Crippen LogP contribution is -2.22. The molecule has 7 aromatic rings. The van der Waals surface area contributed by atoms with E-state index in [9.17, 15) is 0 Å². The number of para-hydroxylation sites is 4. The lowest BCUT2D eigenvalue weighted by atomic mass is 9.90. The summed E-state index contributed by atoms with van der Waals surface area (Å²) in [5.74, 6) is 0. The van der Waals surface area contributed by atoms with Crippen molar-refractivity contribution in [2.24, 2.45) is 4.99 Å². The maximum Gasteiger partial charge on any atom is 0.0859 e. The minimum Gasteiger partial charge on any atom is -0.335 e. The Labute approximate surface area is 226 Å². The molecule has 0 radical (unpaired) electrons. The van der Waals surface area contributed by atoms with Crippen LogP contribution in [0.5, 0.6) is 0 Å². The number of benzene rings is 6. The Morgan fingerprint density at radius 3 is 2.26 bits per heavy atom. The topological polar surface area (TPSA) is 20.5 Å². The molecule has 6 aromatic carbocycles. The van der Waals surface area contributed by atoms with Gasteiger partial charge in [-0.25, -0.2) is 0 Å². The van der Waals surface area contributed by atoms with E-state index >= 15 is 0 Å². The van der Waals surface area contributed by atoms with Crippen molar-refractivity contribution >= 4 is 56.4 Å². The first-order chi connectivity index (χ1) is 19.3. The zero-order valence-corrected chi connectivity index (χ0v) is 21.4. The molecule has 3 heteroatoms. The number of hydrogen-bond donors (Lipinski definition) is 0. The summed E-state index contributed by atoms with van der Waals surface area (Å²) >= 11 is 0. The lowest BCUT2D eigenvalue weighted by Gasteiger charge is -2.34. The summed E-state index contributed by atoms with van der Waals surface area (Å²) in [6.07, 6.45) is 0. The molecule has 3 nitrogen and oxygen atoms in total. The fourth-order valence-electron chi connectivity index (χ4n) is 6.33. The number of aliphatic imine (C=N–C) groups is 1. The first kappa shape index (κ1) is 21.9. The van der Waals surface area contributed by atoms with E-state index in [1.165, 1.54) is 60.6 Å². The van der Waals surface area contributed by atoms with E-state index in [1.807, 2.05) is 12.1 Å². The molecule has 2 heterocycles. The van der Waals surface area contributed by atoms with Gasteiger partial charge in [0.25, 0.3) is 0 Å². The van der Waals surface area contributed by atoms with Crippen LogP contribution in [0, 0.1) is 0 Å². The fourth-order valence-corrected chi connectivity index (χ4v) is 6.33.